The second kappa shape index (κ2) is 13.8. The van der Waals surface area contributed by atoms with Gasteiger partial charge in [-0.15, -0.1) is 0 Å². The van der Waals surface area contributed by atoms with Gasteiger partial charge in [-0.25, -0.2) is 0 Å². The zero-order valence-electron chi connectivity index (χ0n) is 20.4. The van der Waals surface area contributed by atoms with Crippen molar-refractivity contribution >= 4 is 0 Å². The van der Waals surface area contributed by atoms with E-state index < -0.39 is 0 Å². The summed E-state index contributed by atoms with van der Waals surface area (Å²) in [4.78, 5) is 0. The molecule has 0 atom stereocenters. The van der Waals surface area contributed by atoms with Gasteiger partial charge < -0.3 is 0 Å². The third-order valence-corrected chi connectivity index (χ3v) is 7.97. The number of rotatable bonds is 9. The van der Waals surface area contributed by atoms with Gasteiger partial charge in [0.1, 0.15) is 0 Å². The topological polar surface area (TPSA) is 0 Å². The van der Waals surface area contributed by atoms with Gasteiger partial charge in [-0.05, 0) is 98.8 Å². The molecule has 0 bridgehead atoms. The number of benzene rings is 1. The molecule has 0 heterocycles. The molecule has 0 amide bonds. The minimum absolute atomic E-state index is 0.756. The Bertz CT molecular complexity index is 682. The van der Waals surface area contributed by atoms with Crippen molar-refractivity contribution in [3.05, 3.63) is 47.5 Å². The van der Waals surface area contributed by atoms with Crippen molar-refractivity contribution in [2.24, 2.45) is 17.8 Å². The van der Waals surface area contributed by atoms with Gasteiger partial charge in [-0.2, -0.15) is 0 Å². The lowest BCUT2D eigenvalue weighted by Crippen LogP contribution is -2.13. The van der Waals surface area contributed by atoms with E-state index >= 15 is 0 Å². The largest absolute Gasteiger partial charge is 0.0730 e. The highest BCUT2D eigenvalue weighted by Crippen LogP contribution is 2.37. The molecule has 31 heavy (non-hydrogen) atoms. The molecule has 2 aliphatic carbocycles. The third-order valence-electron chi connectivity index (χ3n) is 7.97. The van der Waals surface area contributed by atoms with Gasteiger partial charge in [-0.1, -0.05) is 88.8 Å². The van der Waals surface area contributed by atoms with Crippen LogP contribution >= 0.6 is 0 Å². The van der Waals surface area contributed by atoms with Crippen LogP contribution in [0.5, 0.6) is 0 Å². The molecule has 2 saturated carbocycles. The quantitative estimate of drug-likeness (QED) is 0.277. The molecule has 0 aromatic heterocycles. The first-order valence-corrected chi connectivity index (χ1v) is 13.6. The monoisotopic (exact) mass is 418 g/mol. The zero-order valence-corrected chi connectivity index (χ0v) is 20.4. The maximum absolute atomic E-state index is 3.35. The molecule has 0 nitrogen and oxygen atoms in total. The van der Waals surface area contributed by atoms with Gasteiger partial charge >= 0.3 is 0 Å². The van der Waals surface area contributed by atoms with Gasteiger partial charge in [0.25, 0.3) is 0 Å². The van der Waals surface area contributed by atoms with E-state index in [0.717, 1.165) is 29.2 Å². The Morgan fingerprint density at radius 3 is 2.00 bits per heavy atom. The van der Waals surface area contributed by atoms with E-state index in [1.165, 1.54) is 102 Å². The summed E-state index contributed by atoms with van der Waals surface area (Å²) in [7, 11) is 0. The van der Waals surface area contributed by atoms with Crippen LogP contribution < -0.4 is 0 Å². The van der Waals surface area contributed by atoms with Crippen molar-refractivity contribution in [1.29, 1.82) is 0 Å². The van der Waals surface area contributed by atoms with Crippen LogP contribution in [0.4, 0.5) is 0 Å². The van der Waals surface area contributed by atoms with Crippen LogP contribution in [0.25, 0.3) is 0 Å². The van der Waals surface area contributed by atoms with E-state index in [4.69, 9.17) is 0 Å². The lowest BCUT2D eigenvalue weighted by molar-refractivity contribution is 0.291. The van der Waals surface area contributed by atoms with Crippen LogP contribution in [-0.4, -0.2) is 0 Å². The Morgan fingerprint density at radius 2 is 1.35 bits per heavy atom. The third kappa shape index (κ3) is 8.52. The van der Waals surface area contributed by atoms with Gasteiger partial charge in [0.05, 0.1) is 0 Å². The lowest BCUT2D eigenvalue weighted by Gasteiger charge is -2.29. The lowest BCUT2D eigenvalue weighted by atomic mass is 9.77. The molecule has 1 aromatic rings. The van der Waals surface area contributed by atoms with Gasteiger partial charge in [0.2, 0.25) is 0 Å². The smallest absolute Gasteiger partial charge is 0.0249 e. The predicted octanol–water partition coefficient (Wildman–Crippen LogP) is 9.44. The van der Waals surface area contributed by atoms with Crippen molar-refractivity contribution in [3.8, 4) is 11.8 Å². The number of allylic oxidation sites excluding steroid dienone is 2. The molecule has 0 heteroatoms. The highest BCUT2D eigenvalue weighted by Gasteiger charge is 2.22. The van der Waals surface area contributed by atoms with E-state index in [9.17, 15) is 0 Å². The summed E-state index contributed by atoms with van der Waals surface area (Å²) < 4.78 is 0. The molecule has 0 saturated heterocycles. The highest BCUT2D eigenvalue weighted by molar-refractivity contribution is 5.39. The van der Waals surface area contributed by atoms with Crippen LogP contribution in [0.2, 0.25) is 0 Å². The summed E-state index contributed by atoms with van der Waals surface area (Å²) >= 11 is 0. The van der Waals surface area contributed by atoms with Gasteiger partial charge in [-0.3, -0.25) is 0 Å². The molecule has 0 radical (unpaired) electrons. The average Bonchev–Trinajstić information content (AvgIpc) is 2.82. The van der Waals surface area contributed by atoms with Crippen molar-refractivity contribution in [1.82, 2.24) is 0 Å². The molecule has 0 spiro atoms. The van der Waals surface area contributed by atoms with Gasteiger partial charge in [0, 0.05) is 5.56 Å². The number of hydrogen-bond donors (Lipinski definition) is 0. The fourth-order valence-corrected chi connectivity index (χ4v) is 5.78. The molecular weight excluding hydrogens is 372 g/mol. The Labute approximate surface area is 193 Å². The first kappa shape index (κ1) is 24.2. The molecule has 0 N–H and O–H groups in total. The minimum Gasteiger partial charge on any atom is -0.0730 e. The summed E-state index contributed by atoms with van der Waals surface area (Å²) in [5.41, 5.74) is 2.69. The Kier molecular flexibility index (Phi) is 10.8. The van der Waals surface area contributed by atoms with Crippen molar-refractivity contribution < 1.29 is 0 Å². The Balaban J connectivity index is 1.38. The second-order valence-corrected chi connectivity index (χ2v) is 10.4. The van der Waals surface area contributed by atoms with E-state index in [1.54, 1.807) is 0 Å². The summed E-state index contributed by atoms with van der Waals surface area (Å²) in [6, 6.07) is 9.16. The summed E-state index contributed by atoms with van der Waals surface area (Å²) in [6.07, 6.45) is 25.5. The number of unbranched alkanes of at least 4 members (excludes halogenated alkanes) is 3. The maximum Gasteiger partial charge on any atom is 0.0249 e. The fourth-order valence-electron chi connectivity index (χ4n) is 5.78. The van der Waals surface area contributed by atoms with Crippen molar-refractivity contribution in [2.75, 3.05) is 0 Å². The molecule has 3 rings (SSSR count). The van der Waals surface area contributed by atoms with E-state index in [0.29, 0.717) is 0 Å². The second-order valence-electron chi connectivity index (χ2n) is 10.4. The predicted molar refractivity (Wildman–Crippen MR) is 136 cm³/mol. The van der Waals surface area contributed by atoms with E-state index in [-0.39, 0.29) is 0 Å². The summed E-state index contributed by atoms with van der Waals surface area (Å²) in [6.45, 7) is 4.61. The molecular formula is C31H46. The van der Waals surface area contributed by atoms with E-state index in [2.05, 4.69) is 62.1 Å². The van der Waals surface area contributed by atoms with Crippen molar-refractivity contribution in [2.45, 2.75) is 116 Å². The van der Waals surface area contributed by atoms with Crippen LogP contribution in [0.3, 0.4) is 0 Å². The highest BCUT2D eigenvalue weighted by atomic mass is 14.3. The first-order valence-electron chi connectivity index (χ1n) is 13.6. The fraction of sp³-hybridized carbons (Fsp3) is 0.677. The standard InChI is InChI=1S/C31H46/c1-3-5-7-11-28-18-22-30(23-19-28)31-24-20-29(21-25-31)13-9-8-12-27-16-14-26(15-17-27)10-6-4-2/h8,12,20-21,24-28,30H,3-7,10-11,14-19,22-23H2,1-2H3/b12-8+. The Hall–Kier alpha value is -1.48. The normalized spacial score (nSPS) is 26.5. The zero-order chi connectivity index (χ0) is 21.7. The molecule has 2 aliphatic rings. The van der Waals surface area contributed by atoms with Crippen molar-refractivity contribution in [3.63, 3.8) is 0 Å². The minimum atomic E-state index is 0.756. The number of hydrogen-bond acceptors (Lipinski definition) is 0. The average molecular weight is 419 g/mol. The molecule has 0 unspecified atom stereocenters. The SMILES string of the molecule is CCCCCC1CCC(c2ccc(C#C/C=C/C3CCC(CCCC)CC3)cc2)CC1. The molecule has 2 fully saturated rings. The summed E-state index contributed by atoms with van der Waals surface area (Å²) in [5.74, 6) is 10.2. The van der Waals surface area contributed by atoms with Crippen LogP contribution in [0, 0.1) is 29.6 Å². The first-order chi connectivity index (χ1) is 15.3. The molecule has 170 valence electrons. The van der Waals surface area contributed by atoms with Crippen LogP contribution in [0.15, 0.2) is 36.4 Å². The van der Waals surface area contributed by atoms with E-state index in [1.807, 2.05) is 0 Å². The molecule has 1 aromatic carbocycles. The Morgan fingerprint density at radius 1 is 0.742 bits per heavy atom. The van der Waals surface area contributed by atoms with Crippen LogP contribution in [-0.2, 0) is 0 Å². The summed E-state index contributed by atoms with van der Waals surface area (Å²) in [5, 5.41) is 0. The molecule has 0 aliphatic heterocycles. The maximum atomic E-state index is 3.35. The van der Waals surface area contributed by atoms with Gasteiger partial charge in [0.15, 0.2) is 0 Å². The van der Waals surface area contributed by atoms with Crippen LogP contribution in [0.1, 0.15) is 127 Å².